The highest BCUT2D eigenvalue weighted by Gasteiger charge is 2.05. The molecular formula is C14H22FNOS. The Morgan fingerprint density at radius 2 is 2.17 bits per heavy atom. The molecule has 0 aliphatic carbocycles. The summed E-state index contributed by atoms with van der Waals surface area (Å²) in [7, 11) is 1.69. The third-order valence-electron chi connectivity index (χ3n) is 2.44. The smallest absolute Gasteiger partial charge is 0.123 e. The lowest BCUT2D eigenvalue weighted by Gasteiger charge is -2.11. The van der Waals surface area contributed by atoms with E-state index in [1.54, 1.807) is 24.9 Å². The van der Waals surface area contributed by atoms with Crippen molar-refractivity contribution < 1.29 is 9.13 Å². The summed E-state index contributed by atoms with van der Waals surface area (Å²) >= 11 is 1.71. The maximum atomic E-state index is 13.3. The van der Waals surface area contributed by atoms with E-state index < -0.39 is 0 Å². The van der Waals surface area contributed by atoms with Crippen LogP contribution in [0.2, 0.25) is 0 Å². The second kappa shape index (κ2) is 8.51. The molecule has 0 aliphatic heterocycles. The minimum Gasteiger partial charge on any atom is -0.384 e. The van der Waals surface area contributed by atoms with Crippen molar-refractivity contribution in [3.63, 3.8) is 0 Å². The standard InChI is InChI=1S/C14H22FNOS/c1-11(2)9-16-10-12-8-13(15)4-5-14(12)18-7-6-17-3/h4-5,8,11,16H,6-7,9-10H2,1-3H3. The van der Waals surface area contributed by atoms with Crippen LogP contribution in [0.5, 0.6) is 0 Å². The van der Waals surface area contributed by atoms with Gasteiger partial charge in [-0.15, -0.1) is 11.8 Å². The Bertz CT molecular complexity index is 358. The number of nitrogens with one attached hydrogen (secondary N) is 1. The molecule has 0 saturated heterocycles. The number of methoxy groups -OCH3 is 1. The predicted molar refractivity (Wildman–Crippen MR) is 75.5 cm³/mol. The zero-order valence-corrected chi connectivity index (χ0v) is 12.1. The molecule has 0 saturated carbocycles. The van der Waals surface area contributed by atoms with E-state index in [1.165, 1.54) is 6.07 Å². The highest BCUT2D eigenvalue weighted by Crippen LogP contribution is 2.23. The number of hydrogen-bond acceptors (Lipinski definition) is 3. The molecule has 0 fully saturated rings. The number of ether oxygens (including phenoxy) is 1. The number of halogens is 1. The van der Waals surface area contributed by atoms with Gasteiger partial charge in [0, 0.05) is 24.3 Å². The van der Waals surface area contributed by atoms with E-state index in [0.717, 1.165) is 22.8 Å². The maximum absolute atomic E-state index is 13.3. The van der Waals surface area contributed by atoms with Gasteiger partial charge < -0.3 is 10.1 Å². The van der Waals surface area contributed by atoms with Gasteiger partial charge in [-0.2, -0.15) is 0 Å². The van der Waals surface area contributed by atoms with E-state index in [0.29, 0.717) is 19.1 Å². The first kappa shape index (κ1) is 15.5. The molecule has 1 aromatic rings. The Hall–Kier alpha value is -0.580. The minimum absolute atomic E-state index is 0.174. The first-order chi connectivity index (χ1) is 8.63. The lowest BCUT2D eigenvalue weighted by atomic mass is 10.2. The molecule has 4 heteroatoms. The molecule has 0 bridgehead atoms. The summed E-state index contributed by atoms with van der Waals surface area (Å²) in [5.41, 5.74) is 1.02. The van der Waals surface area contributed by atoms with Crippen LogP contribution in [0.15, 0.2) is 23.1 Å². The van der Waals surface area contributed by atoms with Gasteiger partial charge in [-0.3, -0.25) is 0 Å². The average Bonchev–Trinajstić information content (AvgIpc) is 2.31. The van der Waals surface area contributed by atoms with E-state index in [1.807, 2.05) is 6.07 Å². The molecule has 0 aromatic heterocycles. The second-order valence-corrected chi connectivity index (χ2v) is 5.75. The van der Waals surface area contributed by atoms with Crippen molar-refractivity contribution in [3.8, 4) is 0 Å². The topological polar surface area (TPSA) is 21.3 Å². The van der Waals surface area contributed by atoms with Crippen molar-refractivity contribution in [1.82, 2.24) is 5.32 Å². The Morgan fingerprint density at radius 1 is 1.39 bits per heavy atom. The summed E-state index contributed by atoms with van der Waals surface area (Å²) in [6.07, 6.45) is 0. The van der Waals surface area contributed by atoms with Gasteiger partial charge in [0.1, 0.15) is 5.82 Å². The Balaban J connectivity index is 2.58. The molecule has 0 spiro atoms. The van der Waals surface area contributed by atoms with Crippen LogP contribution in [-0.2, 0) is 11.3 Å². The van der Waals surface area contributed by atoms with E-state index >= 15 is 0 Å². The number of thioether (sulfide) groups is 1. The van der Waals surface area contributed by atoms with E-state index in [2.05, 4.69) is 19.2 Å². The molecule has 18 heavy (non-hydrogen) atoms. The van der Waals surface area contributed by atoms with E-state index in [4.69, 9.17) is 4.74 Å². The summed E-state index contributed by atoms with van der Waals surface area (Å²) < 4.78 is 18.3. The van der Waals surface area contributed by atoms with Gasteiger partial charge in [-0.1, -0.05) is 13.8 Å². The normalized spacial score (nSPS) is 11.2. The van der Waals surface area contributed by atoms with Crippen LogP contribution in [0.3, 0.4) is 0 Å². The molecule has 2 nitrogen and oxygen atoms in total. The molecule has 0 aliphatic rings. The lowest BCUT2D eigenvalue weighted by Crippen LogP contribution is -2.19. The first-order valence-corrected chi connectivity index (χ1v) is 7.23. The van der Waals surface area contributed by atoms with Gasteiger partial charge in [0.15, 0.2) is 0 Å². The van der Waals surface area contributed by atoms with Gasteiger partial charge >= 0.3 is 0 Å². The second-order valence-electron chi connectivity index (χ2n) is 4.62. The minimum atomic E-state index is -0.174. The molecule has 102 valence electrons. The summed E-state index contributed by atoms with van der Waals surface area (Å²) in [6.45, 7) is 6.69. The molecular weight excluding hydrogens is 249 g/mol. The van der Waals surface area contributed by atoms with Crippen molar-refractivity contribution >= 4 is 11.8 Å². The van der Waals surface area contributed by atoms with Gasteiger partial charge in [0.25, 0.3) is 0 Å². The molecule has 0 heterocycles. The SMILES string of the molecule is COCCSc1ccc(F)cc1CNCC(C)C. The maximum Gasteiger partial charge on any atom is 0.123 e. The number of hydrogen-bond donors (Lipinski definition) is 1. The first-order valence-electron chi connectivity index (χ1n) is 6.24. The molecule has 1 rings (SSSR count). The van der Waals surface area contributed by atoms with Crippen LogP contribution < -0.4 is 5.32 Å². The molecule has 0 amide bonds. The van der Waals surface area contributed by atoms with Crippen LogP contribution in [0.25, 0.3) is 0 Å². The highest BCUT2D eigenvalue weighted by molar-refractivity contribution is 7.99. The molecule has 0 unspecified atom stereocenters. The van der Waals surface area contributed by atoms with Crippen LogP contribution in [0, 0.1) is 11.7 Å². The Morgan fingerprint density at radius 3 is 2.83 bits per heavy atom. The van der Waals surface area contributed by atoms with Gasteiger partial charge in [0.05, 0.1) is 6.61 Å². The summed E-state index contributed by atoms with van der Waals surface area (Å²) in [6, 6.07) is 4.98. The molecule has 1 N–H and O–H groups in total. The largest absolute Gasteiger partial charge is 0.384 e. The van der Waals surface area contributed by atoms with Crippen molar-refractivity contribution in [2.75, 3.05) is 26.0 Å². The van der Waals surface area contributed by atoms with Crippen LogP contribution in [-0.4, -0.2) is 26.0 Å². The summed E-state index contributed by atoms with van der Waals surface area (Å²) in [5, 5.41) is 3.35. The third-order valence-corrected chi connectivity index (χ3v) is 3.52. The van der Waals surface area contributed by atoms with Crippen molar-refractivity contribution in [2.45, 2.75) is 25.3 Å². The number of rotatable bonds is 8. The predicted octanol–water partition coefficient (Wildman–Crippen LogP) is 3.31. The zero-order valence-electron chi connectivity index (χ0n) is 11.3. The fourth-order valence-electron chi connectivity index (χ4n) is 1.56. The fraction of sp³-hybridized carbons (Fsp3) is 0.571. The fourth-order valence-corrected chi connectivity index (χ4v) is 2.51. The van der Waals surface area contributed by atoms with Crippen LogP contribution >= 0.6 is 11.8 Å². The number of benzene rings is 1. The Kier molecular flexibility index (Phi) is 7.32. The van der Waals surface area contributed by atoms with E-state index in [9.17, 15) is 4.39 Å². The Labute approximate surface area is 113 Å². The average molecular weight is 271 g/mol. The molecule has 0 radical (unpaired) electrons. The molecule has 1 aromatic carbocycles. The third kappa shape index (κ3) is 5.85. The zero-order chi connectivity index (χ0) is 13.4. The van der Waals surface area contributed by atoms with Crippen molar-refractivity contribution in [2.24, 2.45) is 5.92 Å². The summed E-state index contributed by atoms with van der Waals surface area (Å²) in [4.78, 5) is 1.13. The van der Waals surface area contributed by atoms with Crippen molar-refractivity contribution in [1.29, 1.82) is 0 Å². The van der Waals surface area contributed by atoms with Crippen LogP contribution in [0.4, 0.5) is 4.39 Å². The van der Waals surface area contributed by atoms with Gasteiger partial charge in [-0.25, -0.2) is 4.39 Å². The highest BCUT2D eigenvalue weighted by atomic mass is 32.2. The van der Waals surface area contributed by atoms with E-state index in [-0.39, 0.29) is 5.82 Å². The lowest BCUT2D eigenvalue weighted by molar-refractivity contribution is 0.218. The monoisotopic (exact) mass is 271 g/mol. The molecule has 0 atom stereocenters. The van der Waals surface area contributed by atoms with Crippen molar-refractivity contribution in [3.05, 3.63) is 29.6 Å². The quantitative estimate of drug-likeness (QED) is 0.579. The van der Waals surface area contributed by atoms with Crippen LogP contribution in [0.1, 0.15) is 19.4 Å². The van der Waals surface area contributed by atoms with Gasteiger partial charge in [0.2, 0.25) is 0 Å². The summed E-state index contributed by atoms with van der Waals surface area (Å²) in [5.74, 6) is 1.31. The van der Waals surface area contributed by atoms with Gasteiger partial charge in [-0.05, 0) is 36.2 Å².